The van der Waals surface area contributed by atoms with Crippen LogP contribution in [0.5, 0.6) is 0 Å². The number of hydrogen-bond acceptors (Lipinski definition) is 2. The minimum Gasteiger partial charge on any atom is -0.330 e. The molecule has 1 aromatic carbocycles. The fraction of sp³-hybridized carbons (Fsp3) is 0.562. The van der Waals surface area contributed by atoms with Crippen LogP contribution in [0.2, 0.25) is 0 Å². The van der Waals surface area contributed by atoms with Gasteiger partial charge in [0.15, 0.2) is 0 Å². The molecule has 4 heteroatoms. The zero-order valence-electron chi connectivity index (χ0n) is 12.6. The molecule has 1 unspecified atom stereocenters. The molecule has 0 aliphatic rings. The van der Waals surface area contributed by atoms with Crippen LogP contribution in [0.25, 0.3) is 11.0 Å². The highest BCUT2D eigenvalue weighted by atomic mass is 79.9. The van der Waals surface area contributed by atoms with E-state index in [2.05, 4.69) is 59.5 Å². The minimum atomic E-state index is 0.340. The van der Waals surface area contributed by atoms with E-state index in [1.165, 1.54) is 5.52 Å². The number of rotatable bonds is 6. The molecule has 1 aromatic heterocycles. The summed E-state index contributed by atoms with van der Waals surface area (Å²) in [5, 5.41) is 0. The monoisotopic (exact) mass is 337 g/mol. The third-order valence-electron chi connectivity index (χ3n) is 3.59. The van der Waals surface area contributed by atoms with Gasteiger partial charge in [0.25, 0.3) is 0 Å². The molecule has 0 saturated carbocycles. The second kappa shape index (κ2) is 6.72. The minimum absolute atomic E-state index is 0.340. The van der Waals surface area contributed by atoms with Gasteiger partial charge in [0.2, 0.25) is 0 Å². The second-order valence-electron chi connectivity index (χ2n) is 5.82. The quantitative estimate of drug-likeness (QED) is 0.853. The number of fused-ring (bicyclic) bond motifs is 1. The van der Waals surface area contributed by atoms with Gasteiger partial charge >= 0.3 is 0 Å². The van der Waals surface area contributed by atoms with Crippen LogP contribution in [0.1, 0.15) is 45.4 Å². The molecule has 2 rings (SSSR count). The fourth-order valence-corrected chi connectivity index (χ4v) is 3.12. The molecule has 0 aliphatic heterocycles. The first kappa shape index (κ1) is 15.5. The molecule has 0 spiro atoms. The molecule has 0 bridgehead atoms. The van der Waals surface area contributed by atoms with E-state index in [4.69, 9.17) is 10.7 Å². The van der Waals surface area contributed by atoms with Gasteiger partial charge in [-0.15, -0.1) is 0 Å². The smallest absolute Gasteiger partial charge is 0.114 e. The Labute approximate surface area is 129 Å². The zero-order chi connectivity index (χ0) is 14.7. The molecule has 110 valence electrons. The third kappa shape index (κ3) is 3.23. The van der Waals surface area contributed by atoms with Gasteiger partial charge in [-0.05, 0) is 37.0 Å². The largest absolute Gasteiger partial charge is 0.330 e. The van der Waals surface area contributed by atoms with E-state index in [1.54, 1.807) is 0 Å². The van der Waals surface area contributed by atoms with Crippen molar-refractivity contribution >= 4 is 27.0 Å². The molecule has 2 aromatic rings. The van der Waals surface area contributed by atoms with Crippen molar-refractivity contribution in [2.45, 2.75) is 46.1 Å². The fourth-order valence-electron chi connectivity index (χ4n) is 2.77. The lowest BCUT2D eigenvalue weighted by Gasteiger charge is -2.18. The molecule has 1 atom stereocenters. The van der Waals surface area contributed by atoms with Gasteiger partial charge in [-0.1, -0.05) is 36.7 Å². The maximum Gasteiger partial charge on any atom is 0.114 e. The lowest BCUT2D eigenvalue weighted by atomic mass is 9.96. The number of hydrogen-bond donors (Lipinski definition) is 1. The maximum absolute atomic E-state index is 6.01. The average molecular weight is 338 g/mol. The Balaban J connectivity index is 2.52. The standard InChI is InChI=1S/C16H24BrN3/c1-4-7-20-15-6-5-13(17)9-14(15)19-16(20)12(10-18)8-11(2)3/h5-6,9,11-12H,4,7-8,10,18H2,1-3H3. The van der Waals surface area contributed by atoms with Crippen molar-refractivity contribution in [3.63, 3.8) is 0 Å². The topological polar surface area (TPSA) is 43.8 Å². The first-order valence-electron chi connectivity index (χ1n) is 7.42. The van der Waals surface area contributed by atoms with Gasteiger partial charge in [-0.3, -0.25) is 0 Å². The molecule has 0 saturated heterocycles. The molecule has 1 heterocycles. The Morgan fingerprint density at radius 1 is 1.35 bits per heavy atom. The number of nitrogens with zero attached hydrogens (tertiary/aromatic N) is 2. The van der Waals surface area contributed by atoms with Crippen molar-refractivity contribution in [3.8, 4) is 0 Å². The van der Waals surface area contributed by atoms with Crippen LogP contribution >= 0.6 is 15.9 Å². The predicted molar refractivity (Wildman–Crippen MR) is 89.0 cm³/mol. The van der Waals surface area contributed by atoms with Crippen LogP contribution in [-0.4, -0.2) is 16.1 Å². The van der Waals surface area contributed by atoms with Gasteiger partial charge < -0.3 is 10.3 Å². The first-order valence-corrected chi connectivity index (χ1v) is 8.21. The van der Waals surface area contributed by atoms with Crippen molar-refractivity contribution in [2.24, 2.45) is 11.7 Å². The van der Waals surface area contributed by atoms with Crippen molar-refractivity contribution in [1.82, 2.24) is 9.55 Å². The SMILES string of the molecule is CCCn1c(C(CN)CC(C)C)nc2cc(Br)ccc21. The molecular formula is C16H24BrN3. The Morgan fingerprint density at radius 2 is 2.10 bits per heavy atom. The number of imidazole rings is 1. The Kier molecular flexibility index (Phi) is 5.22. The lowest BCUT2D eigenvalue weighted by molar-refractivity contribution is 0.470. The number of halogens is 1. The van der Waals surface area contributed by atoms with Gasteiger partial charge in [-0.25, -0.2) is 4.98 Å². The van der Waals surface area contributed by atoms with Crippen molar-refractivity contribution < 1.29 is 0 Å². The highest BCUT2D eigenvalue weighted by Crippen LogP contribution is 2.28. The third-order valence-corrected chi connectivity index (χ3v) is 4.09. The molecule has 0 radical (unpaired) electrons. The van der Waals surface area contributed by atoms with Crippen LogP contribution < -0.4 is 5.73 Å². The van der Waals surface area contributed by atoms with Crippen LogP contribution in [0.4, 0.5) is 0 Å². The van der Waals surface area contributed by atoms with Crippen molar-refractivity contribution in [1.29, 1.82) is 0 Å². The summed E-state index contributed by atoms with van der Waals surface area (Å²) in [6.45, 7) is 8.35. The summed E-state index contributed by atoms with van der Waals surface area (Å²) >= 11 is 3.53. The zero-order valence-corrected chi connectivity index (χ0v) is 14.2. The summed E-state index contributed by atoms with van der Waals surface area (Å²) in [6, 6.07) is 6.32. The normalized spacial score (nSPS) is 13.3. The van der Waals surface area contributed by atoms with Crippen molar-refractivity contribution in [2.75, 3.05) is 6.54 Å². The number of nitrogens with two attached hydrogens (primary N) is 1. The molecule has 0 aliphatic carbocycles. The van der Waals surface area contributed by atoms with Gasteiger partial charge in [0.05, 0.1) is 11.0 Å². The Morgan fingerprint density at radius 3 is 2.70 bits per heavy atom. The summed E-state index contributed by atoms with van der Waals surface area (Å²) in [4.78, 5) is 4.87. The van der Waals surface area contributed by atoms with E-state index in [-0.39, 0.29) is 0 Å². The van der Waals surface area contributed by atoms with Crippen molar-refractivity contribution in [3.05, 3.63) is 28.5 Å². The van der Waals surface area contributed by atoms with Crippen LogP contribution in [0.15, 0.2) is 22.7 Å². The van der Waals surface area contributed by atoms with Gasteiger partial charge in [0.1, 0.15) is 5.82 Å². The Bertz CT molecular complexity index is 574. The van der Waals surface area contributed by atoms with E-state index in [1.807, 2.05) is 0 Å². The Hall–Kier alpha value is -0.870. The lowest BCUT2D eigenvalue weighted by Crippen LogP contribution is -2.19. The molecular weight excluding hydrogens is 314 g/mol. The molecule has 20 heavy (non-hydrogen) atoms. The average Bonchev–Trinajstić information content (AvgIpc) is 2.74. The summed E-state index contributed by atoms with van der Waals surface area (Å²) in [6.07, 6.45) is 2.19. The molecule has 3 nitrogen and oxygen atoms in total. The highest BCUT2D eigenvalue weighted by molar-refractivity contribution is 9.10. The maximum atomic E-state index is 6.01. The van der Waals surface area contributed by atoms with E-state index >= 15 is 0 Å². The van der Waals surface area contributed by atoms with E-state index in [0.29, 0.717) is 18.4 Å². The van der Waals surface area contributed by atoms with Crippen LogP contribution in [-0.2, 0) is 6.54 Å². The van der Waals surface area contributed by atoms with E-state index in [9.17, 15) is 0 Å². The predicted octanol–water partition coefficient (Wildman–Crippen LogP) is 4.30. The molecule has 0 amide bonds. The van der Waals surface area contributed by atoms with Crippen LogP contribution in [0.3, 0.4) is 0 Å². The summed E-state index contributed by atoms with van der Waals surface area (Å²) < 4.78 is 3.42. The number of aryl methyl sites for hydroxylation is 1. The van der Waals surface area contributed by atoms with E-state index in [0.717, 1.165) is 35.2 Å². The van der Waals surface area contributed by atoms with Gasteiger partial charge in [-0.2, -0.15) is 0 Å². The van der Waals surface area contributed by atoms with Crippen LogP contribution in [0, 0.1) is 5.92 Å². The highest BCUT2D eigenvalue weighted by Gasteiger charge is 2.20. The molecule has 0 fully saturated rings. The summed E-state index contributed by atoms with van der Waals surface area (Å²) in [7, 11) is 0. The summed E-state index contributed by atoms with van der Waals surface area (Å²) in [5.41, 5.74) is 8.28. The summed E-state index contributed by atoms with van der Waals surface area (Å²) in [5.74, 6) is 2.12. The second-order valence-corrected chi connectivity index (χ2v) is 6.73. The first-order chi connectivity index (χ1) is 9.56. The molecule has 2 N–H and O–H groups in total. The number of aromatic nitrogens is 2. The van der Waals surface area contributed by atoms with E-state index < -0.39 is 0 Å². The van der Waals surface area contributed by atoms with Gasteiger partial charge in [0, 0.05) is 23.5 Å². The number of benzene rings is 1.